The molecule has 5 nitrogen and oxygen atoms in total. The number of aromatic nitrogens is 2. The molecule has 1 saturated carbocycles. The number of likely N-dealkylation sites (N-methyl/N-ethyl adjacent to an activating group) is 1. The van der Waals surface area contributed by atoms with Crippen LogP contribution in [0.2, 0.25) is 0 Å². The van der Waals surface area contributed by atoms with Crippen molar-refractivity contribution in [3.05, 3.63) is 60.7 Å². The predicted octanol–water partition coefficient (Wildman–Crippen LogP) is 3.19. The van der Waals surface area contributed by atoms with E-state index in [1.165, 1.54) is 6.33 Å². The van der Waals surface area contributed by atoms with Gasteiger partial charge in [0.25, 0.3) is 0 Å². The molecule has 5 heteroatoms. The molecule has 1 aromatic carbocycles. The SMILES string of the molecule is CN(C(=O)/C=C/c1ccncn1)C1CC(Oc2ccccc2)C1(C)C. The third-order valence-electron chi connectivity index (χ3n) is 4.96. The summed E-state index contributed by atoms with van der Waals surface area (Å²) in [7, 11) is 1.85. The van der Waals surface area contributed by atoms with E-state index in [0.29, 0.717) is 0 Å². The predicted molar refractivity (Wildman–Crippen MR) is 96.9 cm³/mol. The van der Waals surface area contributed by atoms with E-state index < -0.39 is 0 Å². The number of ether oxygens (including phenoxy) is 1. The van der Waals surface area contributed by atoms with Crippen LogP contribution in [0, 0.1) is 5.41 Å². The maximum Gasteiger partial charge on any atom is 0.246 e. The lowest BCUT2D eigenvalue weighted by molar-refractivity contribution is -0.143. The third-order valence-corrected chi connectivity index (χ3v) is 4.96. The summed E-state index contributed by atoms with van der Waals surface area (Å²) >= 11 is 0. The standard InChI is InChI=1S/C20H23N3O2/c1-20(2)17(13-18(20)25-16-7-5-4-6-8-16)23(3)19(24)10-9-15-11-12-21-14-22-15/h4-12,14,17-18H,13H2,1-3H3/b10-9+. The summed E-state index contributed by atoms with van der Waals surface area (Å²) in [5, 5.41) is 0. The average Bonchev–Trinajstić information content (AvgIpc) is 2.64. The van der Waals surface area contributed by atoms with Gasteiger partial charge in [-0.25, -0.2) is 9.97 Å². The first kappa shape index (κ1) is 17.1. The van der Waals surface area contributed by atoms with Crippen molar-refractivity contribution in [2.45, 2.75) is 32.4 Å². The van der Waals surface area contributed by atoms with Gasteiger partial charge in [-0.1, -0.05) is 32.0 Å². The molecule has 25 heavy (non-hydrogen) atoms. The highest BCUT2D eigenvalue weighted by molar-refractivity contribution is 5.91. The largest absolute Gasteiger partial charge is 0.490 e. The molecular formula is C20H23N3O2. The smallest absolute Gasteiger partial charge is 0.246 e. The number of hydrogen-bond donors (Lipinski definition) is 0. The van der Waals surface area contributed by atoms with Crippen LogP contribution >= 0.6 is 0 Å². The first-order chi connectivity index (χ1) is 12.0. The van der Waals surface area contributed by atoms with E-state index in [9.17, 15) is 4.79 Å². The number of benzene rings is 1. The zero-order valence-electron chi connectivity index (χ0n) is 14.8. The van der Waals surface area contributed by atoms with Crippen molar-refractivity contribution >= 4 is 12.0 Å². The lowest BCUT2D eigenvalue weighted by Gasteiger charge is -2.54. The molecule has 1 fully saturated rings. The number of carbonyl (C=O) groups is 1. The maximum absolute atomic E-state index is 12.5. The Hall–Kier alpha value is -2.69. The second-order valence-corrected chi connectivity index (χ2v) is 6.91. The number of hydrogen-bond acceptors (Lipinski definition) is 4. The normalized spacial score (nSPS) is 21.6. The highest BCUT2D eigenvalue weighted by Crippen LogP contribution is 2.45. The molecule has 1 heterocycles. The molecule has 1 aromatic heterocycles. The lowest BCUT2D eigenvalue weighted by atomic mass is 9.63. The summed E-state index contributed by atoms with van der Waals surface area (Å²) in [6.07, 6.45) is 7.32. The van der Waals surface area contributed by atoms with Crippen LogP contribution < -0.4 is 4.74 Å². The molecule has 2 atom stereocenters. The fourth-order valence-electron chi connectivity index (χ4n) is 3.21. The Labute approximate surface area is 148 Å². The summed E-state index contributed by atoms with van der Waals surface area (Å²) in [6, 6.07) is 11.7. The number of rotatable bonds is 5. The van der Waals surface area contributed by atoms with Crippen LogP contribution in [0.3, 0.4) is 0 Å². The van der Waals surface area contributed by atoms with Crippen molar-refractivity contribution < 1.29 is 9.53 Å². The fraction of sp³-hybridized carbons (Fsp3) is 0.350. The number of nitrogens with zero attached hydrogens (tertiary/aromatic N) is 3. The van der Waals surface area contributed by atoms with Crippen molar-refractivity contribution in [3.8, 4) is 5.75 Å². The van der Waals surface area contributed by atoms with Gasteiger partial charge >= 0.3 is 0 Å². The van der Waals surface area contributed by atoms with E-state index in [1.807, 2.05) is 37.4 Å². The second-order valence-electron chi connectivity index (χ2n) is 6.91. The highest BCUT2D eigenvalue weighted by atomic mass is 16.5. The first-order valence-electron chi connectivity index (χ1n) is 8.41. The maximum atomic E-state index is 12.5. The van der Waals surface area contributed by atoms with E-state index in [1.54, 1.807) is 29.3 Å². The fourth-order valence-corrected chi connectivity index (χ4v) is 3.21. The molecule has 2 aromatic rings. The van der Waals surface area contributed by atoms with Crippen molar-refractivity contribution in [3.63, 3.8) is 0 Å². The number of carbonyl (C=O) groups excluding carboxylic acids is 1. The van der Waals surface area contributed by atoms with Gasteiger partial charge in [0.1, 0.15) is 18.2 Å². The summed E-state index contributed by atoms with van der Waals surface area (Å²) < 4.78 is 6.08. The van der Waals surface area contributed by atoms with Gasteiger partial charge in [0, 0.05) is 37.2 Å². The Morgan fingerprint density at radius 3 is 2.68 bits per heavy atom. The summed E-state index contributed by atoms with van der Waals surface area (Å²) in [5.74, 6) is 0.839. The molecule has 0 N–H and O–H groups in total. The molecule has 0 radical (unpaired) electrons. The van der Waals surface area contributed by atoms with Gasteiger partial charge in [0.05, 0.1) is 5.69 Å². The molecule has 0 spiro atoms. The topological polar surface area (TPSA) is 55.3 Å². The van der Waals surface area contributed by atoms with Crippen molar-refractivity contribution in [2.75, 3.05) is 7.05 Å². The monoisotopic (exact) mass is 337 g/mol. The van der Waals surface area contributed by atoms with Gasteiger partial charge in [-0.3, -0.25) is 4.79 Å². The Morgan fingerprint density at radius 2 is 2.04 bits per heavy atom. The number of amides is 1. The van der Waals surface area contributed by atoms with Crippen LogP contribution in [0.15, 0.2) is 55.0 Å². The minimum Gasteiger partial charge on any atom is -0.490 e. The van der Waals surface area contributed by atoms with E-state index in [4.69, 9.17) is 4.74 Å². The average molecular weight is 337 g/mol. The third kappa shape index (κ3) is 3.71. The molecular weight excluding hydrogens is 314 g/mol. The molecule has 0 bridgehead atoms. The van der Waals surface area contributed by atoms with Crippen LogP contribution in [0.25, 0.3) is 6.08 Å². The van der Waals surface area contributed by atoms with Crippen LogP contribution in [0.5, 0.6) is 5.75 Å². The van der Waals surface area contributed by atoms with E-state index in [0.717, 1.165) is 17.9 Å². The van der Waals surface area contributed by atoms with Crippen LogP contribution in [-0.2, 0) is 4.79 Å². The van der Waals surface area contributed by atoms with Gasteiger partial charge in [-0.2, -0.15) is 0 Å². The Balaban J connectivity index is 1.60. The van der Waals surface area contributed by atoms with Crippen LogP contribution in [0.1, 0.15) is 26.0 Å². The molecule has 3 rings (SSSR count). The summed E-state index contributed by atoms with van der Waals surface area (Å²) in [6.45, 7) is 4.29. The molecule has 130 valence electrons. The van der Waals surface area contributed by atoms with E-state index in [2.05, 4.69) is 23.8 Å². The molecule has 1 amide bonds. The van der Waals surface area contributed by atoms with Gasteiger partial charge in [0.15, 0.2) is 0 Å². The van der Waals surface area contributed by atoms with E-state index in [-0.39, 0.29) is 23.5 Å². The quantitative estimate of drug-likeness (QED) is 0.786. The first-order valence-corrected chi connectivity index (χ1v) is 8.41. The van der Waals surface area contributed by atoms with Crippen LogP contribution in [-0.4, -0.2) is 40.0 Å². The van der Waals surface area contributed by atoms with Crippen molar-refractivity contribution in [1.29, 1.82) is 0 Å². The minimum absolute atomic E-state index is 0.0325. The van der Waals surface area contributed by atoms with Crippen LogP contribution in [0.4, 0.5) is 0 Å². The number of para-hydroxylation sites is 1. The Bertz CT molecular complexity index is 744. The zero-order valence-corrected chi connectivity index (χ0v) is 14.8. The lowest BCUT2D eigenvalue weighted by Crippen LogP contribution is -2.63. The zero-order chi connectivity index (χ0) is 17.9. The summed E-state index contributed by atoms with van der Waals surface area (Å²) in [5.41, 5.74) is 0.609. The van der Waals surface area contributed by atoms with Crippen molar-refractivity contribution in [2.24, 2.45) is 5.41 Å². The van der Waals surface area contributed by atoms with E-state index >= 15 is 0 Å². The molecule has 1 aliphatic rings. The minimum atomic E-state index is -0.108. The van der Waals surface area contributed by atoms with Gasteiger partial charge in [0.2, 0.25) is 5.91 Å². The van der Waals surface area contributed by atoms with Gasteiger partial charge in [-0.15, -0.1) is 0 Å². The Morgan fingerprint density at radius 1 is 1.28 bits per heavy atom. The molecule has 0 aliphatic heterocycles. The van der Waals surface area contributed by atoms with Gasteiger partial charge < -0.3 is 9.64 Å². The molecule has 1 aliphatic carbocycles. The van der Waals surface area contributed by atoms with Crippen molar-refractivity contribution in [1.82, 2.24) is 14.9 Å². The molecule has 2 unspecified atom stereocenters. The Kier molecular flexibility index (Phi) is 4.83. The van der Waals surface area contributed by atoms with Gasteiger partial charge in [-0.05, 0) is 24.3 Å². The second kappa shape index (κ2) is 7.05. The highest BCUT2D eigenvalue weighted by Gasteiger charge is 2.52. The molecule has 0 saturated heterocycles. The summed E-state index contributed by atoms with van der Waals surface area (Å²) in [4.78, 5) is 22.2.